The van der Waals surface area contributed by atoms with Crippen LogP contribution in [0.25, 0.3) is 10.2 Å². The summed E-state index contributed by atoms with van der Waals surface area (Å²) in [4.78, 5) is 29.1. The van der Waals surface area contributed by atoms with E-state index in [-0.39, 0.29) is 17.2 Å². The van der Waals surface area contributed by atoms with Gasteiger partial charge < -0.3 is 16.0 Å². The lowest BCUT2D eigenvalue weighted by Gasteiger charge is -2.37. The lowest BCUT2D eigenvalue weighted by molar-refractivity contribution is -0.123. The Morgan fingerprint density at radius 3 is 2.70 bits per heavy atom. The maximum Gasteiger partial charge on any atom is 0.233 e. The van der Waals surface area contributed by atoms with Gasteiger partial charge in [-0.15, -0.1) is 0 Å². The summed E-state index contributed by atoms with van der Waals surface area (Å²) in [6.07, 6.45) is 5.77. The first-order chi connectivity index (χ1) is 13.0. The Hall–Kier alpha value is -1.99. The second kappa shape index (κ2) is 8.80. The molecule has 7 heteroatoms. The fourth-order valence-corrected chi connectivity index (χ4v) is 4.80. The molecule has 0 radical (unpaired) electrons. The number of aryl methyl sites for hydroxylation is 1. The minimum Gasteiger partial charge on any atom is -0.354 e. The van der Waals surface area contributed by atoms with Crippen LogP contribution in [0.3, 0.4) is 0 Å². The van der Waals surface area contributed by atoms with E-state index in [0.717, 1.165) is 35.9 Å². The average molecular weight is 389 g/mol. The van der Waals surface area contributed by atoms with Crippen LogP contribution in [0.2, 0.25) is 0 Å². The van der Waals surface area contributed by atoms with Crippen LogP contribution in [-0.4, -0.2) is 36.9 Å². The number of carbonyl (C=O) groups is 2. The Kier molecular flexibility index (Phi) is 6.44. The molecule has 0 spiro atoms. The third-order valence-corrected chi connectivity index (χ3v) is 6.17. The maximum absolute atomic E-state index is 12.7. The summed E-state index contributed by atoms with van der Waals surface area (Å²) >= 11 is 1.50. The number of anilines is 1. The van der Waals surface area contributed by atoms with E-state index < -0.39 is 0 Å². The zero-order valence-corrected chi connectivity index (χ0v) is 16.9. The number of amides is 2. The number of thiazole rings is 1. The molecule has 2 amide bonds. The van der Waals surface area contributed by atoms with Gasteiger partial charge in [-0.05, 0) is 49.9 Å². The molecule has 0 aliphatic heterocycles. The fourth-order valence-electron chi connectivity index (χ4n) is 3.82. The van der Waals surface area contributed by atoms with Crippen LogP contribution in [0, 0.1) is 12.3 Å². The number of nitrogens with one attached hydrogen (secondary N) is 3. The molecule has 1 saturated carbocycles. The number of nitrogens with zero attached hydrogens (tertiary/aromatic N) is 1. The number of fused-ring (bicyclic) bond motifs is 1. The van der Waals surface area contributed by atoms with Gasteiger partial charge in [0.15, 0.2) is 5.13 Å². The Labute approximate surface area is 164 Å². The van der Waals surface area contributed by atoms with Gasteiger partial charge in [0.2, 0.25) is 11.8 Å². The zero-order chi connectivity index (χ0) is 19.3. The minimum absolute atomic E-state index is 0.0180. The second-order valence-corrected chi connectivity index (χ2v) is 8.61. The van der Waals surface area contributed by atoms with Gasteiger partial charge in [0.1, 0.15) is 0 Å². The topological polar surface area (TPSA) is 83.1 Å². The number of rotatable bonds is 7. The summed E-state index contributed by atoms with van der Waals surface area (Å²) in [6, 6.07) is 6.10. The highest BCUT2D eigenvalue weighted by Gasteiger charge is 2.34. The number of carbonyl (C=O) groups excluding carboxylic acids is 2. The summed E-state index contributed by atoms with van der Waals surface area (Å²) in [7, 11) is 1.75. The van der Waals surface area contributed by atoms with E-state index >= 15 is 0 Å². The molecule has 2 aromatic rings. The quantitative estimate of drug-likeness (QED) is 0.680. The van der Waals surface area contributed by atoms with Crippen LogP contribution in [0.1, 0.15) is 44.1 Å². The van der Waals surface area contributed by atoms with Gasteiger partial charge in [0.25, 0.3) is 0 Å². The Bertz CT molecular complexity index is 811. The average Bonchev–Trinajstić information content (AvgIpc) is 3.02. The Morgan fingerprint density at radius 1 is 1.19 bits per heavy atom. The predicted octanol–water partition coefficient (Wildman–Crippen LogP) is 3.22. The van der Waals surface area contributed by atoms with E-state index in [4.69, 9.17) is 0 Å². The molecular weight excluding hydrogens is 360 g/mol. The fraction of sp³-hybridized carbons (Fsp3) is 0.550. The smallest absolute Gasteiger partial charge is 0.233 e. The van der Waals surface area contributed by atoms with E-state index in [9.17, 15) is 9.59 Å². The SMILES string of the molecule is CNCC(=O)NCC1(CC(=O)Nc2nc3ccc(C)cc3s2)CCCCC1. The molecule has 27 heavy (non-hydrogen) atoms. The highest BCUT2D eigenvalue weighted by atomic mass is 32.1. The largest absolute Gasteiger partial charge is 0.354 e. The van der Waals surface area contributed by atoms with Crippen LogP contribution in [-0.2, 0) is 9.59 Å². The van der Waals surface area contributed by atoms with Crippen LogP contribution >= 0.6 is 11.3 Å². The predicted molar refractivity (Wildman–Crippen MR) is 110 cm³/mol. The van der Waals surface area contributed by atoms with Gasteiger partial charge in [0.05, 0.1) is 16.8 Å². The molecule has 0 unspecified atom stereocenters. The number of benzene rings is 1. The van der Waals surface area contributed by atoms with Crippen LogP contribution in [0.15, 0.2) is 18.2 Å². The molecule has 0 atom stereocenters. The van der Waals surface area contributed by atoms with E-state index in [0.29, 0.717) is 24.6 Å². The van der Waals surface area contributed by atoms with Crippen LogP contribution < -0.4 is 16.0 Å². The molecule has 1 aromatic heterocycles. The van der Waals surface area contributed by atoms with E-state index in [1.807, 2.05) is 19.1 Å². The molecule has 0 bridgehead atoms. The van der Waals surface area contributed by atoms with Crippen molar-refractivity contribution in [2.24, 2.45) is 5.41 Å². The van der Waals surface area contributed by atoms with Gasteiger partial charge in [0, 0.05) is 13.0 Å². The molecule has 1 aliphatic carbocycles. The van der Waals surface area contributed by atoms with Crippen molar-refractivity contribution in [3.05, 3.63) is 23.8 Å². The molecular formula is C20H28N4O2S. The molecule has 1 fully saturated rings. The summed E-state index contributed by atoms with van der Waals surface area (Å²) in [5.74, 6) is -0.0417. The second-order valence-electron chi connectivity index (χ2n) is 7.58. The summed E-state index contributed by atoms with van der Waals surface area (Å²) in [5, 5.41) is 9.48. The Balaban J connectivity index is 1.65. The van der Waals surface area contributed by atoms with Crippen LogP contribution in [0.5, 0.6) is 0 Å². The van der Waals surface area contributed by atoms with Gasteiger partial charge in [-0.3, -0.25) is 9.59 Å². The molecule has 1 heterocycles. The summed E-state index contributed by atoms with van der Waals surface area (Å²) in [6.45, 7) is 2.90. The van der Waals surface area contributed by atoms with Crippen molar-refractivity contribution >= 4 is 38.5 Å². The van der Waals surface area contributed by atoms with E-state index in [1.54, 1.807) is 7.05 Å². The third kappa shape index (κ3) is 5.26. The molecule has 1 aliphatic rings. The number of hydrogen-bond donors (Lipinski definition) is 3. The molecule has 0 saturated heterocycles. The van der Waals surface area contributed by atoms with Crippen molar-refractivity contribution in [3.63, 3.8) is 0 Å². The third-order valence-electron chi connectivity index (χ3n) is 5.24. The standard InChI is InChI=1S/C20H28N4O2S/c1-14-6-7-15-16(10-14)27-19(23-15)24-17(25)11-20(8-4-3-5-9-20)13-22-18(26)12-21-2/h6-7,10,21H,3-5,8-9,11-13H2,1-2H3,(H,22,26)(H,23,24,25). The first-order valence-electron chi connectivity index (χ1n) is 9.58. The van der Waals surface area contributed by atoms with Gasteiger partial charge >= 0.3 is 0 Å². The zero-order valence-electron chi connectivity index (χ0n) is 16.1. The Morgan fingerprint density at radius 2 is 1.96 bits per heavy atom. The normalized spacial score (nSPS) is 16.2. The van der Waals surface area contributed by atoms with E-state index in [1.165, 1.54) is 23.3 Å². The van der Waals surface area contributed by atoms with Crippen molar-refractivity contribution in [2.75, 3.05) is 25.5 Å². The maximum atomic E-state index is 12.7. The monoisotopic (exact) mass is 388 g/mol. The van der Waals surface area contributed by atoms with Crippen molar-refractivity contribution < 1.29 is 9.59 Å². The summed E-state index contributed by atoms with van der Waals surface area (Å²) in [5.41, 5.74) is 1.94. The lowest BCUT2D eigenvalue weighted by atomic mass is 9.71. The lowest BCUT2D eigenvalue weighted by Crippen LogP contribution is -2.43. The van der Waals surface area contributed by atoms with Gasteiger partial charge in [-0.2, -0.15) is 0 Å². The molecule has 3 N–H and O–H groups in total. The van der Waals surface area contributed by atoms with E-state index in [2.05, 4.69) is 27.0 Å². The van der Waals surface area contributed by atoms with Crippen molar-refractivity contribution in [1.29, 1.82) is 0 Å². The number of aromatic nitrogens is 1. The van der Waals surface area contributed by atoms with Gasteiger partial charge in [-0.1, -0.05) is 36.7 Å². The van der Waals surface area contributed by atoms with Crippen molar-refractivity contribution in [2.45, 2.75) is 45.4 Å². The molecule has 146 valence electrons. The molecule has 1 aromatic carbocycles. The molecule has 3 rings (SSSR count). The highest BCUT2D eigenvalue weighted by molar-refractivity contribution is 7.22. The van der Waals surface area contributed by atoms with Crippen molar-refractivity contribution in [3.8, 4) is 0 Å². The number of hydrogen-bond acceptors (Lipinski definition) is 5. The van der Waals surface area contributed by atoms with Crippen molar-refractivity contribution in [1.82, 2.24) is 15.6 Å². The first kappa shape index (κ1) is 19.8. The van der Waals surface area contributed by atoms with Gasteiger partial charge in [-0.25, -0.2) is 4.98 Å². The number of likely N-dealkylation sites (N-methyl/N-ethyl adjacent to an activating group) is 1. The minimum atomic E-state index is -0.154. The highest BCUT2D eigenvalue weighted by Crippen LogP contribution is 2.39. The molecule has 6 nitrogen and oxygen atoms in total. The first-order valence-corrected chi connectivity index (χ1v) is 10.4. The summed E-state index contributed by atoms with van der Waals surface area (Å²) < 4.78 is 1.08. The van der Waals surface area contributed by atoms with Crippen LogP contribution in [0.4, 0.5) is 5.13 Å².